The standard InChI is InChI=1S/C26H27NO2/c1-2-29-26(28)23-14-8-9-15-24(23)27-19-18-21-12-6-7-13-22(21)25(27)17-16-20-10-4-3-5-11-20/h3-15,25H,2,16-19H2,1H3. The number of ether oxygens (including phenoxy) is 1. The molecule has 1 unspecified atom stereocenters. The second kappa shape index (κ2) is 8.95. The number of para-hydroxylation sites is 1. The fourth-order valence-corrected chi connectivity index (χ4v) is 4.30. The summed E-state index contributed by atoms with van der Waals surface area (Å²) in [5, 5.41) is 0. The third kappa shape index (κ3) is 4.19. The molecule has 1 atom stereocenters. The second-order valence-corrected chi connectivity index (χ2v) is 7.42. The number of rotatable bonds is 6. The van der Waals surface area contributed by atoms with Crippen molar-refractivity contribution in [3.8, 4) is 0 Å². The minimum absolute atomic E-state index is 0.232. The lowest BCUT2D eigenvalue weighted by Gasteiger charge is -2.40. The molecule has 0 aromatic heterocycles. The molecule has 0 radical (unpaired) electrons. The maximum atomic E-state index is 12.6. The van der Waals surface area contributed by atoms with Crippen LogP contribution >= 0.6 is 0 Å². The Hall–Kier alpha value is -3.07. The average Bonchev–Trinajstić information content (AvgIpc) is 2.78. The van der Waals surface area contributed by atoms with Gasteiger partial charge in [0.25, 0.3) is 0 Å². The number of carbonyl (C=O) groups is 1. The van der Waals surface area contributed by atoms with Gasteiger partial charge in [0, 0.05) is 6.54 Å². The van der Waals surface area contributed by atoms with Gasteiger partial charge >= 0.3 is 5.97 Å². The quantitative estimate of drug-likeness (QED) is 0.517. The van der Waals surface area contributed by atoms with Crippen LogP contribution in [0, 0.1) is 0 Å². The van der Waals surface area contributed by atoms with Crippen LogP contribution < -0.4 is 4.90 Å². The molecule has 1 heterocycles. The summed E-state index contributed by atoms with van der Waals surface area (Å²) in [5.41, 5.74) is 5.75. The molecule has 29 heavy (non-hydrogen) atoms. The van der Waals surface area contributed by atoms with Crippen LogP contribution in [-0.2, 0) is 17.6 Å². The fourth-order valence-electron chi connectivity index (χ4n) is 4.30. The minimum atomic E-state index is -0.247. The van der Waals surface area contributed by atoms with Gasteiger partial charge in [-0.2, -0.15) is 0 Å². The first-order valence-corrected chi connectivity index (χ1v) is 10.4. The molecule has 148 valence electrons. The van der Waals surface area contributed by atoms with E-state index in [1.807, 2.05) is 25.1 Å². The molecule has 0 amide bonds. The van der Waals surface area contributed by atoms with Crippen LogP contribution in [0.5, 0.6) is 0 Å². The van der Waals surface area contributed by atoms with E-state index in [2.05, 4.69) is 65.6 Å². The number of benzene rings is 3. The monoisotopic (exact) mass is 385 g/mol. The maximum absolute atomic E-state index is 12.6. The third-order valence-electron chi connectivity index (χ3n) is 5.67. The smallest absolute Gasteiger partial charge is 0.340 e. The highest BCUT2D eigenvalue weighted by Gasteiger charge is 2.29. The predicted octanol–water partition coefficient (Wildman–Crippen LogP) is 5.60. The molecule has 4 rings (SSSR count). The molecule has 0 saturated carbocycles. The van der Waals surface area contributed by atoms with Crippen LogP contribution in [0.2, 0.25) is 0 Å². The van der Waals surface area contributed by atoms with Crippen LogP contribution in [0.1, 0.15) is 46.4 Å². The molecule has 0 fully saturated rings. The summed E-state index contributed by atoms with van der Waals surface area (Å²) in [6.07, 6.45) is 2.98. The summed E-state index contributed by atoms with van der Waals surface area (Å²) in [7, 11) is 0. The lowest BCUT2D eigenvalue weighted by atomic mass is 9.88. The van der Waals surface area contributed by atoms with Crippen LogP contribution in [0.4, 0.5) is 5.69 Å². The van der Waals surface area contributed by atoms with Crippen molar-refractivity contribution in [3.05, 3.63) is 101 Å². The Morgan fingerprint density at radius 2 is 1.69 bits per heavy atom. The largest absolute Gasteiger partial charge is 0.462 e. The summed E-state index contributed by atoms with van der Waals surface area (Å²) in [6, 6.07) is 27.4. The molecule has 1 aliphatic heterocycles. The number of fused-ring (bicyclic) bond motifs is 1. The van der Waals surface area contributed by atoms with E-state index in [0.29, 0.717) is 12.2 Å². The van der Waals surface area contributed by atoms with Gasteiger partial charge < -0.3 is 9.64 Å². The average molecular weight is 386 g/mol. The minimum Gasteiger partial charge on any atom is -0.462 e. The molecule has 0 spiro atoms. The number of hydrogen-bond donors (Lipinski definition) is 0. The Morgan fingerprint density at radius 3 is 2.52 bits per heavy atom. The van der Waals surface area contributed by atoms with Crippen molar-refractivity contribution >= 4 is 11.7 Å². The lowest BCUT2D eigenvalue weighted by molar-refractivity contribution is 0.0527. The summed E-state index contributed by atoms with van der Waals surface area (Å²) in [4.78, 5) is 15.0. The van der Waals surface area contributed by atoms with Crippen molar-refractivity contribution in [3.63, 3.8) is 0 Å². The van der Waals surface area contributed by atoms with Gasteiger partial charge in [-0.05, 0) is 55.0 Å². The zero-order valence-electron chi connectivity index (χ0n) is 16.9. The van der Waals surface area contributed by atoms with Gasteiger partial charge in [0.1, 0.15) is 0 Å². The molecule has 0 saturated heterocycles. The first-order valence-electron chi connectivity index (χ1n) is 10.4. The highest BCUT2D eigenvalue weighted by atomic mass is 16.5. The zero-order valence-corrected chi connectivity index (χ0v) is 16.9. The molecule has 3 aromatic carbocycles. The number of carbonyl (C=O) groups excluding carboxylic acids is 1. The van der Waals surface area contributed by atoms with Gasteiger partial charge in [0.15, 0.2) is 0 Å². The van der Waals surface area contributed by atoms with Crippen LogP contribution in [0.25, 0.3) is 0 Å². The van der Waals surface area contributed by atoms with E-state index in [1.54, 1.807) is 0 Å². The Labute approximate surface area is 172 Å². The topological polar surface area (TPSA) is 29.5 Å². The maximum Gasteiger partial charge on any atom is 0.340 e. The Morgan fingerprint density at radius 1 is 0.966 bits per heavy atom. The molecular formula is C26H27NO2. The summed E-state index contributed by atoms with van der Waals surface area (Å²) in [5.74, 6) is -0.247. The molecule has 3 heteroatoms. The van der Waals surface area contributed by atoms with E-state index in [0.717, 1.165) is 31.5 Å². The van der Waals surface area contributed by atoms with E-state index in [9.17, 15) is 4.79 Å². The van der Waals surface area contributed by atoms with Gasteiger partial charge in [-0.1, -0.05) is 66.7 Å². The zero-order chi connectivity index (χ0) is 20.1. The molecule has 3 nitrogen and oxygen atoms in total. The van der Waals surface area contributed by atoms with Gasteiger partial charge in [-0.3, -0.25) is 0 Å². The first-order chi connectivity index (χ1) is 14.3. The van der Waals surface area contributed by atoms with Gasteiger partial charge in [0.2, 0.25) is 0 Å². The van der Waals surface area contributed by atoms with E-state index < -0.39 is 0 Å². The lowest BCUT2D eigenvalue weighted by Crippen LogP contribution is -2.36. The van der Waals surface area contributed by atoms with Crippen LogP contribution in [-0.4, -0.2) is 19.1 Å². The number of aryl methyl sites for hydroxylation is 1. The van der Waals surface area contributed by atoms with Crippen LogP contribution in [0.15, 0.2) is 78.9 Å². The first kappa shape index (κ1) is 19.3. The number of hydrogen-bond acceptors (Lipinski definition) is 3. The molecular weight excluding hydrogens is 358 g/mol. The van der Waals surface area contributed by atoms with Crippen molar-refractivity contribution in [2.45, 2.75) is 32.2 Å². The van der Waals surface area contributed by atoms with Crippen molar-refractivity contribution in [2.75, 3.05) is 18.1 Å². The highest BCUT2D eigenvalue weighted by molar-refractivity contribution is 5.96. The van der Waals surface area contributed by atoms with Gasteiger partial charge in [-0.25, -0.2) is 4.79 Å². The van der Waals surface area contributed by atoms with Crippen molar-refractivity contribution in [2.24, 2.45) is 0 Å². The Balaban J connectivity index is 1.69. The fraction of sp³-hybridized carbons (Fsp3) is 0.269. The Bertz CT molecular complexity index is 967. The molecule has 0 aliphatic carbocycles. The molecule has 0 N–H and O–H groups in total. The van der Waals surface area contributed by atoms with Crippen molar-refractivity contribution in [1.82, 2.24) is 0 Å². The number of anilines is 1. The van der Waals surface area contributed by atoms with Crippen LogP contribution in [0.3, 0.4) is 0 Å². The van der Waals surface area contributed by atoms with Gasteiger partial charge in [-0.15, -0.1) is 0 Å². The third-order valence-corrected chi connectivity index (χ3v) is 5.67. The molecule has 3 aromatic rings. The van der Waals surface area contributed by atoms with E-state index in [4.69, 9.17) is 4.74 Å². The Kier molecular flexibility index (Phi) is 5.95. The van der Waals surface area contributed by atoms with Gasteiger partial charge in [0.05, 0.1) is 23.9 Å². The molecule has 1 aliphatic rings. The normalized spacial score (nSPS) is 15.6. The number of nitrogens with zero attached hydrogens (tertiary/aromatic N) is 1. The number of esters is 1. The van der Waals surface area contributed by atoms with Crippen molar-refractivity contribution in [1.29, 1.82) is 0 Å². The summed E-state index contributed by atoms with van der Waals surface area (Å²) in [6.45, 7) is 3.13. The summed E-state index contributed by atoms with van der Waals surface area (Å²) >= 11 is 0. The predicted molar refractivity (Wildman–Crippen MR) is 117 cm³/mol. The highest BCUT2D eigenvalue weighted by Crippen LogP contribution is 2.38. The van der Waals surface area contributed by atoms with E-state index in [-0.39, 0.29) is 12.0 Å². The van der Waals surface area contributed by atoms with E-state index >= 15 is 0 Å². The second-order valence-electron chi connectivity index (χ2n) is 7.42. The SMILES string of the molecule is CCOC(=O)c1ccccc1N1CCc2ccccc2C1CCc1ccccc1. The van der Waals surface area contributed by atoms with Crippen molar-refractivity contribution < 1.29 is 9.53 Å². The van der Waals surface area contributed by atoms with E-state index in [1.165, 1.54) is 16.7 Å². The molecule has 0 bridgehead atoms. The summed E-state index contributed by atoms with van der Waals surface area (Å²) < 4.78 is 5.33.